The largest absolute Gasteiger partial charge is 0.465 e. The van der Waals surface area contributed by atoms with Gasteiger partial charge in [0.05, 0.1) is 6.10 Å². The Balaban J connectivity index is 2.52. The van der Waals surface area contributed by atoms with E-state index in [1.54, 1.807) is 19.1 Å². The molecule has 6 nitrogen and oxygen atoms in total. The highest BCUT2D eigenvalue weighted by Crippen LogP contribution is 2.23. The SMILES string of the molecule is Cc1c(CC(O)CCl)c(=O)oc2cc(NC(=O)O)ccc12. The number of hydrogen-bond donors (Lipinski definition) is 3. The molecule has 3 N–H and O–H groups in total. The van der Waals surface area contributed by atoms with Gasteiger partial charge < -0.3 is 14.6 Å². The van der Waals surface area contributed by atoms with Crippen molar-refractivity contribution in [3.63, 3.8) is 0 Å². The number of carboxylic acid groups (broad SMARTS) is 1. The second-order valence-corrected chi connectivity index (χ2v) is 4.96. The number of alkyl halides is 1. The first-order chi connectivity index (χ1) is 9.92. The minimum absolute atomic E-state index is 0.0262. The van der Waals surface area contributed by atoms with E-state index in [9.17, 15) is 14.7 Å². The molecule has 1 heterocycles. The van der Waals surface area contributed by atoms with E-state index in [4.69, 9.17) is 21.1 Å². The molecule has 0 bridgehead atoms. The zero-order valence-electron chi connectivity index (χ0n) is 11.2. The van der Waals surface area contributed by atoms with Gasteiger partial charge >= 0.3 is 11.7 Å². The molecule has 2 rings (SSSR count). The van der Waals surface area contributed by atoms with E-state index in [0.29, 0.717) is 22.2 Å². The molecule has 0 aliphatic heterocycles. The first kappa shape index (κ1) is 15.3. The van der Waals surface area contributed by atoms with Gasteiger partial charge in [0.1, 0.15) is 5.58 Å². The van der Waals surface area contributed by atoms with Crippen molar-refractivity contribution in [3.8, 4) is 0 Å². The second kappa shape index (κ2) is 6.15. The van der Waals surface area contributed by atoms with Gasteiger partial charge in [-0.2, -0.15) is 0 Å². The lowest BCUT2D eigenvalue weighted by atomic mass is 10.0. The Morgan fingerprint density at radius 2 is 2.19 bits per heavy atom. The third-order valence-electron chi connectivity index (χ3n) is 3.16. The van der Waals surface area contributed by atoms with Gasteiger partial charge in [-0.05, 0) is 24.6 Å². The fraction of sp³-hybridized carbons (Fsp3) is 0.286. The van der Waals surface area contributed by atoms with Gasteiger partial charge in [0.15, 0.2) is 0 Å². The first-order valence-electron chi connectivity index (χ1n) is 6.22. The molecule has 1 unspecified atom stereocenters. The molecule has 1 amide bonds. The Hall–Kier alpha value is -2.05. The number of halogens is 1. The molecule has 1 aromatic heterocycles. The molecule has 0 saturated heterocycles. The van der Waals surface area contributed by atoms with Crippen molar-refractivity contribution in [3.05, 3.63) is 39.7 Å². The van der Waals surface area contributed by atoms with E-state index >= 15 is 0 Å². The van der Waals surface area contributed by atoms with Gasteiger partial charge in [0.25, 0.3) is 0 Å². The van der Waals surface area contributed by atoms with Crippen LogP contribution in [-0.4, -0.2) is 28.3 Å². The quantitative estimate of drug-likeness (QED) is 0.594. The number of nitrogens with one attached hydrogen (secondary N) is 1. The highest BCUT2D eigenvalue weighted by atomic mass is 35.5. The summed E-state index contributed by atoms with van der Waals surface area (Å²) in [5, 5.41) is 21.1. The average Bonchev–Trinajstić information content (AvgIpc) is 2.42. The number of hydrogen-bond acceptors (Lipinski definition) is 4. The monoisotopic (exact) mass is 311 g/mol. The summed E-state index contributed by atoms with van der Waals surface area (Å²) in [7, 11) is 0. The maximum atomic E-state index is 12.0. The van der Waals surface area contributed by atoms with E-state index in [-0.39, 0.29) is 17.9 Å². The van der Waals surface area contributed by atoms with Crippen LogP contribution in [0.25, 0.3) is 11.0 Å². The standard InChI is InChI=1S/C14H14ClNO5/c1-7-10-3-2-8(16-14(19)20)4-12(10)21-13(18)11(7)5-9(17)6-15/h2-4,9,16-17H,5-6H2,1H3,(H,19,20). The second-order valence-electron chi connectivity index (χ2n) is 4.65. The summed E-state index contributed by atoms with van der Waals surface area (Å²) in [6, 6.07) is 4.68. The smallest absolute Gasteiger partial charge is 0.409 e. The predicted molar refractivity (Wildman–Crippen MR) is 79.3 cm³/mol. The van der Waals surface area contributed by atoms with Crippen molar-refractivity contribution in [2.45, 2.75) is 19.4 Å². The van der Waals surface area contributed by atoms with E-state index in [1.165, 1.54) is 6.07 Å². The summed E-state index contributed by atoms with van der Waals surface area (Å²) in [5.74, 6) is 0.0262. The molecule has 7 heteroatoms. The number of amides is 1. The van der Waals surface area contributed by atoms with E-state index in [0.717, 1.165) is 0 Å². The van der Waals surface area contributed by atoms with Gasteiger partial charge in [-0.25, -0.2) is 9.59 Å². The van der Waals surface area contributed by atoms with Gasteiger partial charge in [-0.3, -0.25) is 5.32 Å². The molecular formula is C14H14ClNO5. The zero-order chi connectivity index (χ0) is 15.6. The van der Waals surface area contributed by atoms with Crippen molar-refractivity contribution >= 4 is 34.4 Å². The molecule has 0 aliphatic rings. The first-order valence-corrected chi connectivity index (χ1v) is 6.76. The van der Waals surface area contributed by atoms with Crippen LogP contribution < -0.4 is 10.9 Å². The fourth-order valence-corrected chi connectivity index (χ4v) is 2.23. The minimum Gasteiger partial charge on any atom is -0.465 e. The third-order valence-corrected chi connectivity index (χ3v) is 3.51. The summed E-state index contributed by atoms with van der Waals surface area (Å²) in [4.78, 5) is 22.6. The normalized spacial score (nSPS) is 12.3. The van der Waals surface area contributed by atoms with E-state index in [2.05, 4.69) is 5.32 Å². The molecule has 21 heavy (non-hydrogen) atoms. The van der Waals surface area contributed by atoms with Gasteiger partial charge in [-0.1, -0.05) is 0 Å². The Morgan fingerprint density at radius 3 is 2.81 bits per heavy atom. The molecule has 112 valence electrons. The number of anilines is 1. The molecule has 0 spiro atoms. The van der Waals surface area contributed by atoms with Crippen molar-refractivity contribution in [2.24, 2.45) is 0 Å². The molecule has 1 aromatic carbocycles. The summed E-state index contributed by atoms with van der Waals surface area (Å²) in [6.45, 7) is 1.75. The van der Waals surface area contributed by atoms with Gasteiger partial charge in [0, 0.05) is 35.0 Å². The topological polar surface area (TPSA) is 99.8 Å². The van der Waals surface area contributed by atoms with Crippen LogP contribution in [0.15, 0.2) is 27.4 Å². The highest BCUT2D eigenvalue weighted by molar-refractivity contribution is 6.18. The summed E-state index contributed by atoms with van der Waals surface area (Å²) >= 11 is 5.55. The van der Waals surface area contributed by atoms with Crippen LogP contribution in [0.1, 0.15) is 11.1 Å². The third kappa shape index (κ3) is 3.34. The summed E-state index contributed by atoms with van der Waals surface area (Å²) in [5.41, 5.74) is 1.09. The van der Waals surface area contributed by atoms with E-state index < -0.39 is 17.8 Å². The van der Waals surface area contributed by atoms with Crippen LogP contribution >= 0.6 is 11.6 Å². The average molecular weight is 312 g/mol. The van der Waals surface area contributed by atoms with Crippen molar-refractivity contribution in [2.75, 3.05) is 11.2 Å². The molecule has 0 fully saturated rings. The fourth-order valence-electron chi connectivity index (χ4n) is 2.12. The van der Waals surface area contributed by atoms with E-state index in [1.807, 2.05) is 0 Å². The van der Waals surface area contributed by atoms with Crippen molar-refractivity contribution < 1.29 is 19.4 Å². The molecule has 0 radical (unpaired) electrons. The number of rotatable bonds is 4. The van der Waals surface area contributed by atoms with Gasteiger partial charge in [0.2, 0.25) is 0 Å². The van der Waals surface area contributed by atoms with Crippen LogP contribution in [-0.2, 0) is 6.42 Å². The number of aliphatic hydroxyl groups excluding tert-OH is 1. The Bertz CT molecular complexity index is 740. The molecule has 2 aromatic rings. The van der Waals surface area contributed by atoms with Crippen LogP contribution in [0.5, 0.6) is 0 Å². The number of carbonyl (C=O) groups is 1. The maximum Gasteiger partial charge on any atom is 0.409 e. The Kier molecular flexibility index (Phi) is 4.50. The number of fused-ring (bicyclic) bond motifs is 1. The Labute approximate surface area is 125 Å². The lowest BCUT2D eigenvalue weighted by molar-refractivity contribution is 0.197. The van der Waals surface area contributed by atoms with Crippen LogP contribution in [0.2, 0.25) is 0 Å². The summed E-state index contributed by atoms with van der Waals surface area (Å²) < 4.78 is 5.20. The Morgan fingerprint density at radius 1 is 1.48 bits per heavy atom. The maximum absolute atomic E-state index is 12.0. The van der Waals surface area contributed by atoms with Crippen LogP contribution in [0.3, 0.4) is 0 Å². The lowest BCUT2D eigenvalue weighted by Crippen LogP contribution is -2.19. The number of benzene rings is 1. The van der Waals surface area contributed by atoms with Crippen LogP contribution in [0, 0.1) is 6.92 Å². The predicted octanol–water partition coefficient (Wildman–Crippen LogP) is 2.33. The number of aryl methyl sites for hydroxylation is 1. The lowest BCUT2D eigenvalue weighted by Gasteiger charge is -2.11. The van der Waals surface area contributed by atoms with Crippen molar-refractivity contribution in [1.29, 1.82) is 0 Å². The molecular weight excluding hydrogens is 298 g/mol. The number of aliphatic hydroxyl groups is 1. The molecule has 1 atom stereocenters. The van der Waals surface area contributed by atoms with Gasteiger partial charge in [-0.15, -0.1) is 11.6 Å². The highest BCUT2D eigenvalue weighted by Gasteiger charge is 2.15. The molecule has 0 aliphatic carbocycles. The minimum atomic E-state index is -1.20. The molecule has 0 saturated carbocycles. The zero-order valence-corrected chi connectivity index (χ0v) is 12.0. The van der Waals surface area contributed by atoms with Crippen molar-refractivity contribution in [1.82, 2.24) is 0 Å². The van der Waals surface area contributed by atoms with Crippen LogP contribution in [0.4, 0.5) is 10.5 Å². The summed E-state index contributed by atoms with van der Waals surface area (Å²) in [6.07, 6.45) is -1.91.